The van der Waals surface area contributed by atoms with Gasteiger partial charge in [0.25, 0.3) is 0 Å². The average Bonchev–Trinajstić information content (AvgIpc) is 3.44. The number of rotatable bonds is 8. The van der Waals surface area contributed by atoms with Crippen molar-refractivity contribution in [1.82, 2.24) is 20.3 Å². The molecule has 0 saturated carbocycles. The van der Waals surface area contributed by atoms with Crippen LogP contribution in [0.2, 0.25) is 0 Å². The van der Waals surface area contributed by atoms with E-state index in [4.69, 9.17) is 4.74 Å². The average molecular weight is 474 g/mol. The maximum Gasteiger partial charge on any atom is 0.241 e. The molecule has 9 heteroatoms. The molecule has 3 heterocycles. The predicted octanol–water partition coefficient (Wildman–Crippen LogP) is 3.49. The highest BCUT2D eigenvalue weighted by Gasteiger charge is 2.23. The molecule has 3 aromatic rings. The van der Waals surface area contributed by atoms with Crippen LogP contribution in [0.15, 0.2) is 60.9 Å². The second-order valence-electron chi connectivity index (χ2n) is 8.94. The molecule has 2 saturated heterocycles. The zero-order valence-electron chi connectivity index (χ0n) is 19.7. The van der Waals surface area contributed by atoms with E-state index >= 15 is 0 Å². The monoisotopic (exact) mass is 473 g/mol. The van der Waals surface area contributed by atoms with E-state index in [0.29, 0.717) is 18.5 Å². The highest BCUT2D eigenvalue weighted by Crippen LogP contribution is 2.22. The molecule has 2 aliphatic heterocycles. The standard InChI is InChI=1S/C26H31N7O2/c34-24(23-10-5-13-27-23)30-20-8-4-9-21(16-20)31-25-28-18-29-26(32-25)33-14-11-22(12-15-33)35-17-19-6-2-1-3-7-19/h1-4,6-9,16,18,22-23,27H,5,10-15,17H2,(H,30,34)(H,28,29,31,32)/t23-/m1/s1. The van der Waals surface area contributed by atoms with Crippen LogP contribution in [0.5, 0.6) is 0 Å². The fourth-order valence-corrected chi connectivity index (χ4v) is 4.45. The minimum atomic E-state index is -0.120. The molecule has 0 aliphatic carbocycles. The summed E-state index contributed by atoms with van der Waals surface area (Å²) in [5.41, 5.74) is 2.73. The van der Waals surface area contributed by atoms with Crippen LogP contribution < -0.4 is 20.9 Å². The Hall–Kier alpha value is -3.56. The van der Waals surface area contributed by atoms with Crippen molar-refractivity contribution in [3.63, 3.8) is 0 Å². The van der Waals surface area contributed by atoms with Gasteiger partial charge in [0, 0.05) is 24.5 Å². The van der Waals surface area contributed by atoms with Gasteiger partial charge in [-0.25, -0.2) is 9.97 Å². The van der Waals surface area contributed by atoms with Gasteiger partial charge in [-0.3, -0.25) is 4.79 Å². The van der Waals surface area contributed by atoms with E-state index in [0.717, 1.165) is 56.7 Å². The van der Waals surface area contributed by atoms with Crippen LogP contribution in [0.25, 0.3) is 0 Å². The predicted molar refractivity (Wildman–Crippen MR) is 136 cm³/mol. The smallest absolute Gasteiger partial charge is 0.241 e. The summed E-state index contributed by atoms with van der Waals surface area (Å²) < 4.78 is 6.10. The molecule has 182 valence electrons. The Kier molecular flexibility index (Phi) is 7.45. The Balaban J connectivity index is 1.14. The summed E-state index contributed by atoms with van der Waals surface area (Å²) in [7, 11) is 0. The van der Waals surface area contributed by atoms with Crippen molar-refractivity contribution in [2.75, 3.05) is 35.2 Å². The van der Waals surface area contributed by atoms with E-state index in [1.54, 1.807) is 0 Å². The van der Waals surface area contributed by atoms with Crippen molar-refractivity contribution >= 4 is 29.2 Å². The van der Waals surface area contributed by atoms with Gasteiger partial charge >= 0.3 is 0 Å². The maximum absolute atomic E-state index is 12.4. The van der Waals surface area contributed by atoms with Crippen LogP contribution in [-0.2, 0) is 16.1 Å². The molecule has 0 radical (unpaired) electrons. The second kappa shape index (κ2) is 11.2. The highest BCUT2D eigenvalue weighted by atomic mass is 16.5. The van der Waals surface area contributed by atoms with Gasteiger partial charge in [0.1, 0.15) is 6.33 Å². The Bertz CT molecular complexity index is 1110. The molecular formula is C26H31N7O2. The summed E-state index contributed by atoms with van der Waals surface area (Å²) in [6.07, 6.45) is 5.52. The third kappa shape index (κ3) is 6.32. The van der Waals surface area contributed by atoms with Crippen molar-refractivity contribution in [1.29, 1.82) is 0 Å². The first-order chi connectivity index (χ1) is 17.2. The number of amides is 1. The van der Waals surface area contributed by atoms with Gasteiger partial charge in [0.2, 0.25) is 17.8 Å². The molecule has 0 unspecified atom stereocenters. The van der Waals surface area contributed by atoms with E-state index in [1.165, 1.54) is 11.9 Å². The topological polar surface area (TPSA) is 104 Å². The van der Waals surface area contributed by atoms with Crippen LogP contribution >= 0.6 is 0 Å². The zero-order valence-corrected chi connectivity index (χ0v) is 19.7. The third-order valence-electron chi connectivity index (χ3n) is 6.38. The molecule has 35 heavy (non-hydrogen) atoms. The summed E-state index contributed by atoms with van der Waals surface area (Å²) in [6.45, 7) is 3.20. The quantitative estimate of drug-likeness (QED) is 0.457. The summed E-state index contributed by atoms with van der Waals surface area (Å²) >= 11 is 0. The molecule has 5 rings (SSSR count). The van der Waals surface area contributed by atoms with Crippen LogP contribution in [0, 0.1) is 0 Å². The molecule has 0 spiro atoms. The number of aromatic nitrogens is 3. The first-order valence-electron chi connectivity index (χ1n) is 12.2. The lowest BCUT2D eigenvalue weighted by Gasteiger charge is -2.31. The Morgan fingerprint density at radius 2 is 1.86 bits per heavy atom. The number of anilines is 4. The lowest BCUT2D eigenvalue weighted by molar-refractivity contribution is -0.117. The number of nitrogens with one attached hydrogen (secondary N) is 3. The van der Waals surface area contributed by atoms with Crippen LogP contribution in [-0.4, -0.2) is 52.6 Å². The van der Waals surface area contributed by atoms with Crippen LogP contribution in [0.1, 0.15) is 31.2 Å². The van der Waals surface area contributed by atoms with Crippen LogP contribution in [0.3, 0.4) is 0 Å². The number of piperidine rings is 1. The first-order valence-corrected chi connectivity index (χ1v) is 12.2. The molecule has 1 aromatic heterocycles. The minimum absolute atomic E-state index is 0.00162. The van der Waals surface area contributed by atoms with Gasteiger partial charge in [-0.2, -0.15) is 4.98 Å². The lowest BCUT2D eigenvalue weighted by Crippen LogP contribution is -2.38. The molecule has 2 aromatic carbocycles. The Labute approximate surface area is 205 Å². The molecule has 2 aliphatic rings. The van der Waals surface area contributed by atoms with Gasteiger partial charge in [0.05, 0.1) is 18.8 Å². The molecular weight excluding hydrogens is 442 g/mol. The van der Waals surface area contributed by atoms with Gasteiger partial charge in [0.15, 0.2) is 0 Å². The summed E-state index contributed by atoms with van der Waals surface area (Å²) in [6, 6.07) is 17.7. The number of carbonyl (C=O) groups excluding carboxylic acids is 1. The van der Waals surface area contributed by atoms with Crippen LogP contribution in [0.4, 0.5) is 23.3 Å². The van der Waals surface area contributed by atoms with Crippen molar-refractivity contribution in [3.8, 4) is 0 Å². The molecule has 2 fully saturated rings. The summed E-state index contributed by atoms with van der Waals surface area (Å²) in [5.74, 6) is 1.12. The van der Waals surface area contributed by atoms with E-state index in [-0.39, 0.29) is 18.1 Å². The van der Waals surface area contributed by atoms with Crippen molar-refractivity contribution < 1.29 is 9.53 Å². The van der Waals surface area contributed by atoms with Gasteiger partial charge in [-0.05, 0) is 56.0 Å². The van der Waals surface area contributed by atoms with Crippen molar-refractivity contribution in [3.05, 3.63) is 66.5 Å². The number of benzene rings is 2. The van der Waals surface area contributed by atoms with Gasteiger partial charge in [-0.1, -0.05) is 36.4 Å². The van der Waals surface area contributed by atoms with Gasteiger partial charge in [-0.15, -0.1) is 0 Å². The maximum atomic E-state index is 12.4. The molecule has 1 amide bonds. The third-order valence-corrected chi connectivity index (χ3v) is 6.38. The van der Waals surface area contributed by atoms with E-state index in [9.17, 15) is 4.79 Å². The summed E-state index contributed by atoms with van der Waals surface area (Å²) in [5, 5.41) is 9.43. The minimum Gasteiger partial charge on any atom is -0.373 e. The van der Waals surface area contributed by atoms with E-state index < -0.39 is 0 Å². The normalized spacial score (nSPS) is 18.4. The van der Waals surface area contributed by atoms with Gasteiger partial charge < -0.3 is 25.6 Å². The number of ether oxygens (including phenoxy) is 1. The molecule has 3 N–H and O–H groups in total. The zero-order chi connectivity index (χ0) is 23.9. The fourth-order valence-electron chi connectivity index (χ4n) is 4.45. The largest absolute Gasteiger partial charge is 0.373 e. The second-order valence-corrected chi connectivity index (χ2v) is 8.94. The Morgan fingerprint density at radius 1 is 1.03 bits per heavy atom. The molecule has 1 atom stereocenters. The number of carbonyl (C=O) groups is 1. The number of hydrogen-bond donors (Lipinski definition) is 3. The molecule has 0 bridgehead atoms. The van der Waals surface area contributed by atoms with Crippen molar-refractivity contribution in [2.45, 2.75) is 44.4 Å². The number of hydrogen-bond acceptors (Lipinski definition) is 8. The first kappa shape index (κ1) is 23.2. The molecule has 9 nitrogen and oxygen atoms in total. The number of nitrogens with zero attached hydrogens (tertiary/aromatic N) is 4. The Morgan fingerprint density at radius 3 is 2.66 bits per heavy atom. The SMILES string of the molecule is O=C(Nc1cccc(Nc2ncnc(N3CCC(OCc4ccccc4)CC3)n2)c1)[C@H]1CCCN1. The highest BCUT2D eigenvalue weighted by molar-refractivity contribution is 5.95. The van der Waals surface area contributed by atoms with Crippen molar-refractivity contribution in [2.24, 2.45) is 0 Å². The summed E-state index contributed by atoms with van der Waals surface area (Å²) in [4.78, 5) is 27.8. The fraction of sp³-hybridized carbons (Fsp3) is 0.385. The van der Waals surface area contributed by atoms with E-state index in [2.05, 4.69) is 47.9 Å². The van der Waals surface area contributed by atoms with E-state index in [1.807, 2.05) is 42.5 Å². The lowest BCUT2D eigenvalue weighted by atomic mass is 10.1.